The van der Waals surface area contributed by atoms with Crippen LogP contribution in [-0.2, 0) is 11.8 Å². The first-order valence-corrected chi connectivity index (χ1v) is 5.55. The molecule has 0 saturated heterocycles. The molecule has 1 heterocycles. The Kier molecular flexibility index (Phi) is 3.83. The maximum Gasteiger partial charge on any atom is 0.329 e. The summed E-state index contributed by atoms with van der Waals surface area (Å²) in [5.74, 6) is -1.51. The Bertz CT molecular complexity index is 456. The molecule has 0 aliphatic carbocycles. The maximum atomic E-state index is 11.9. The van der Waals surface area contributed by atoms with E-state index in [1.165, 1.54) is 13.0 Å². The van der Waals surface area contributed by atoms with E-state index in [4.69, 9.17) is 16.7 Å². The topological polar surface area (TPSA) is 71.3 Å². The number of carboxylic acid groups (broad SMARTS) is 1. The molecule has 17 heavy (non-hydrogen) atoms. The summed E-state index contributed by atoms with van der Waals surface area (Å²) in [5.41, 5.74) is -0.940. The summed E-state index contributed by atoms with van der Waals surface area (Å²) in [6.07, 6.45) is 1.88. The molecule has 0 aromatic carbocycles. The third kappa shape index (κ3) is 2.79. The van der Waals surface area contributed by atoms with Crippen LogP contribution < -0.4 is 5.32 Å². The second kappa shape index (κ2) is 4.79. The van der Waals surface area contributed by atoms with Gasteiger partial charge in [0.15, 0.2) is 0 Å². The number of hydrogen-bond donors (Lipinski definition) is 2. The highest BCUT2D eigenvalue weighted by Crippen LogP contribution is 2.15. The van der Waals surface area contributed by atoms with E-state index in [0.29, 0.717) is 17.1 Å². The fraction of sp³-hybridized carbons (Fsp3) is 0.455. The summed E-state index contributed by atoms with van der Waals surface area (Å²) in [6, 6.07) is 1.49. The molecule has 1 unspecified atom stereocenters. The number of carbonyl (C=O) groups is 2. The average Bonchev–Trinajstić information content (AvgIpc) is 2.57. The van der Waals surface area contributed by atoms with Crippen molar-refractivity contribution in [3.8, 4) is 0 Å². The Balaban J connectivity index is 2.93. The molecule has 0 fully saturated rings. The van der Waals surface area contributed by atoms with Gasteiger partial charge in [-0.2, -0.15) is 0 Å². The Morgan fingerprint density at radius 2 is 2.18 bits per heavy atom. The third-order valence-corrected chi connectivity index (χ3v) is 2.98. The molecule has 0 radical (unpaired) electrons. The highest BCUT2D eigenvalue weighted by molar-refractivity contribution is 6.31. The second-order valence-corrected chi connectivity index (χ2v) is 4.54. The molecule has 0 aliphatic rings. The summed E-state index contributed by atoms with van der Waals surface area (Å²) in [6.45, 7) is 3.17. The van der Waals surface area contributed by atoms with Crippen molar-refractivity contribution in [1.29, 1.82) is 0 Å². The number of carbonyl (C=O) groups excluding carboxylic acids is 1. The Morgan fingerprint density at radius 3 is 2.53 bits per heavy atom. The molecule has 1 aromatic rings. The van der Waals surface area contributed by atoms with Gasteiger partial charge in [-0.25, -0.2) is 4.79 Å². The van der Waals surface area contributed by atoms with Gasteiger partial charge in [0, 0.05) is 13.2 Å². The van der Waals surface area contributed by atoms with Crippen LogP contribution in [0.4, 0.5) is 0 Å². The van der Waals surface area contributed by atoms with Gasteiger partial charge in [-0.1, -0.05) is 18.5 Å². The van der Waals surface area contributed by atoms with Crippen LogP contribution in [0.2, 0.25) is 5.02 Å². The Hall–Kier alpha value is -1.49. The molecule has 0 bridgehead atoms. The normalized spacial score (nSPS) is 14.1. The number of aromatic nitrogens is 1. The van der Waals surface area contributed by atoms with Gasteiger partial charge in [0.1, 0.15) is 11.2 Å². The summed E-state index contributed by atoms with van der Waals surface area (Å²) in [4.78, 5) is 23.0. The van der Waals surface area contributed by atoms with Crippen molar-refractivity contribution in [1.82, 2.24) is 9.88 Å². The molecule has 5 nitrogen and oxygen atoms in total. The number of aliphatic carboxylic acids is 1. The lowest BCUT2D eigenvalue weighted by Crippen LogP contribution is -2.52. The lowest BCUT2D eigenvalue weighted by Gasteiger charge is -2.24. The number of nitrogens with zero attached hydrogens (tertiary/aromatic N) is 1. The summed E-state index contributed by atoms with van der Waals surface area (Å²) < 4.78 is 1.55. The number of carboxylic acids is 1. The first-order valence-electron chi connectivity index (χ1n) is 5.18. The zero-order valence-electron chi connectivity index (χ0n) is 9.95. The van der Waals surface area contributed by atoms with Crippen molar-refractivity contribution < 1.29 is 14.7 Å². The molecule has 1 aromatic heterocycles. The van der Waals surface area contributed by atoms with E-state index in [1.807, 2.05) is 0 Å². The molecule has 0 spiro atoms. The van der Waals surface area contributed by atoms with E-state index in [-0.39, 0.29) is 0 Å². The molecule has 0 aliphatic heterocycles. The van der Waals surface area contributed by atoms with Crippen LogP contribution in [-0.4, -0.2) is 27.1 Å². The molecule has 0 saturated carbocycles. The van der Waals surface area contributed by atoms with Crippen molar-refractivity contribution in [2.45, 2.75) is 25.8 Å². The SMILES string of the molecule is CCC(C)(NC(=O)c1cc(Cl)cn1C)C(=O)O. The summed E-state index contributed by atoms with van der Waals surface area (Å²) in [7, 11) is 1.67. The largest absolute Gasteiger partial charge is 0.480 e. The number of amides is 1. The standard InChI is InChI=1S/C11H15ClN2O3/c1-4-11(2,10(16)17)13-9(15)8-5-7(12)6-14(8)3/h5-6H,4H2,1-3H3,(H,13,15)(H,16,17). The van der Waals surface area contributed by atoms with E-state index < -0.39 is 17.4 Å². The lowest BCUT2D eigenvalue weighted by atomic mass is 9.99. The molecular formula is C11H15ClN2O3. The zero-order chi connectivity index (χ0) is 13.2. The molecule has 1 amide bonds. The monoisotopic (exact) mass is 258 g/mol. The minimum atomic E-state index is -1.27. The highest BCUT2D eigenvalue weighted by Gasteiger charge is 2.33. The average molecular weight is 259 g/mol. The van der Waals surface area contributed by atoms with Gasteiger partial charge < -0.3 is 15.0 Å². The van der Waals surface area contributed by atoms with Crippen LogP contribution in [0, 0.1) is 0 Å². The van der Waals surface area contributed by atoms with Crippen molar-refractivity contribution in [3.05, 3.63) is 23.0 Å². The molecular weight excluding hydrogens is 244 g/mol. The predicted octanol–water partition coefficient (Wildman–Crippen LogP) is 1.66. The van der Waals surface area contributed by atoms with Gasteiger partial charge in [-0.15, -0.1) is 0 Å². The van der Waals surface area contributed by atoms with Gasteiger partial charge in [-0.05, 0) is 19.4 Å². The van der Waals surface area contributed by atoms with Crippen LogP contribution in [0.3, 0.4) is 0 Å². The van der Waals surface area contributed by atoms with E-state index in [1.54, 1.807) is 24.7 Å². The second-order valence-electron chi connectivity index (χ2n) is 4.10. The number of aryl methyl sites for hydroxylation is 1. The summed E-state index contributed by atoms with van der Waals surface area (Å²) >= 11 is 5.76. The van der Waals surface area contributed by atoms with E-state index in [2.05, 4.69) is 5.32 Å². The molecule has 6 heteroatoms. The van der Waals surface area contributed by atoms with Crippen molar-refractivity contribution in [2.24, 2.45) is 7.05 Å². The van der Waals surface area contributed by atoms with Gasteiger partial charge in [-0.3, -0.25) is 4.79 Å². The minimum Gasteiger partial charge on any atom is -0.480 e. The Labute approximate surface area is 104 Å². The van der Waals surface area contributed by atoms with Gasteiger partial charge in [0.05, 0.1) is 5.02 Å². The smallest absolute Gasteiger partial charge is 0.329 e. The fourth-order valence-electron chi connectivity index (χ4n) is 1.36. The predicted molar refractivity (Wildman–Crippen MR) is 64.2 cm³/mol. The number of rotatable bonds is 4. The van der Waals surface area contributed by atoms with Crippen LogP contribution in [0.25, 0.3) is 0 Å². The number of nitrogens with one attached hydrogen (secondary N) is 1. The Morgan fingerprint density at radius 1 is 1.59 bits per heavy atom. The van der Waals surface area contributed by atoms with Crippen LogP contribution in [0.5, 0.6) is 0 Å². The third-order valence-electron chi connectivity index (χ3n) is 2.77. The van der Waals surface area contributed by atoms with Crippen LogP contribution in [0.1, 0.15) is 30.8 Å². The highest BCUT2D eigenvalue weighted by atomic mass is 35.5. The van der Waals surface area contributed by atoms with E-state index in [0.717, 1.165) is 0 Å². The minimum absolute atomic E-state index is 0.298. The molecule has 94 valence electrons. The summed E-state index contributed by atoms with van der Waals surface area (Å²) in [5, 5.41) is 12.0. The zero-order valence-corrected chi connectivity index (χ0v) is 10.7. The fourth-order valence-corrected chi connectivity index (χ4v) is 1.61. The molecule has 1 atom stereocenters. The van der Waals surface area contributed by atoms with Crippen molar-refractivity contribution in [2.75, 3.05) is 0 Å². The van der Waals surface area contributed by atoms with Crippen LogP contribution in [0.15, 0.2) is 12.3 Å². The van der Waals surface area contributed by atoms with Gasteiger partial charge >= 0.3 is 5.97 Å². The van der Waals surface area contributed by atoms with Crippen LogP contribution >= 0.6 is 11.6 Å². The van der Waals surface area contributed by atoms with Gasteiger partial charge in [0.2, 0.25) is 0 Å². The molecule has 1 rings (SSSR count). The van der Waals surface area contributed by atoms with E-state index >= 15 is 0 Å². The number of halogens is 1. The van der Waals surface area contributed by atoms with Crippen molar-refractivity contribution >= 4 is 23.5 Å². The first kappa shape index (κ1) is 13.6. The van der Waals surface area contributed by atoms with Crippen molar-refractivity contribution in [3.63, 3.8) is 0 Å². The lowest BCUT2D eigenvalue weighted by molar-refractivity contribution is -0.143. The first-order chi connectivity index (χ1) is 7.80. The van der Waals surface area contributed by atoms with E-state index in [9.17, 15) is 9.59 Å². The number of hydrogen-bond acceptors (Lipinski definition) is 2. The molecule has 2 N–H and O–H groups in total. The quantitative estimate of drug-likeness (QED) is 0.863. The maximum absolute atomic E-state index is 11.9. The van der Waals surface area contributed by atoms with Gasteiger partial charge in [0.25, 0.3) is 5.91 Å².